The topological polar surface area (TPSA) is 100 Å². The first kappa shape index (κ1) is 17.8. The molecule has 3 N–H and O–H groups in total. The highest BCUT2D eigenvalue weighted by atomic mass is 32.2. The predicted octanol–water partition coefficient (Wildman–Crippen LogP) is 1.21. The Morgan fingerprint density at radius 1 is 1.52 bits per heavy atom. The van der Waals surface area contributed by atoms with Crippen molar-refractivity contribution in [3.63, 3.8) is 0 Å². The number of hydrogen-bond acceptors (Lipinski definition) is 5. The van der Waals surface area contributed by atoms with Crippen LogP contribution in [0.3, 0.4) is 0 Å². The maximum Gasteiger partial charge on any atom is 0.343 e. The van der Waals surface area contributed by atoms with Gasteiger partial charge in [0.2, 0.25) is 0 Å². The fourth-order valence-corrected chi connectivity index (χ4v) is 2.95. The second kappa shape index (κ2) is 8.23. The van der Waals surface area contributed by atoms with Crippen LogP contribution in [0.2, 0.25) is 0 Å². The van der Waals surface area contributed by atoms with Crippen molar-refractivity contribution >= 4 is 17.7 Å². The molecule has 1 rings (SSSR count). The van der Waals surface area contributed by atoms with Crippen LogP contribution in [0.25, 0.3) is 0 Å². The number of thioether (sulfide) groups is 1. The molecule has 1 aromatic heterocycles. The van der Waals surface area contributed by atoms with E-state index < -0.39 is 11.5 Å². The van der Waals surface area contributed by atoms with Crippen LogP contribution in [0.5, 0.6) is 0 Å². The molecule has 0 saturated heterocycles. The van der Waals surface area contributed by atoms with Crippen molar-refractivity contribution in [2.24, 2.45) is 7.05 Å². The molecule has 21 heavy (non-hydrogen) atoms. The van der Waals surface area contributed by atoms with E-state index in [2.05, 4.69) is 15.5 Å². The van der Waals surface area contributed by atoms with E-state index in [4.69, 9.17) is 0 Å². The van der Waals surface area contributed by atoms with Gasteiger partial charge < -0.3 is 10.4 Å². The zero-order chi connectivity index (χ0) is 15.9. The van der Waals surface area contributed by atoms with Crippen molar-refractivity contribution in [2.75, 3.05) is 12.3 Å². The average molecular weight is 316 g/mol. The summed E-state index contributed by atoms with van der Waals surface area (Å²) in [5, 5.41) is 19.6. The monoisotopic (exact) mass is 316 g/mol. The van der Waals surface area contributed by atoms with Gasteiger partial charge in [-0.3, -0.25) is 9.36 Å². The van der Waals surface area contributed by atoms with E-state index in [1.54, 1.807) is 7.05 Å². The van der Waals surface area contributed by atoms with Gasteiger partial charge in [0.25, 0.3) is 0 Å². The number of carboxylic acids is 1. The number of rotatable bonds is 10. The molecular formula is C13H24N4O3S. The molecule has 0 spiro atoms. The minimum Gasteiger partial charge on any atom is -0.480 e. The van der Waals surface area contributed by atoms with E-state index in [0.717, 1.165) is 18.6 Å². The quantitative estimate of drug-likeness (QED) is 0.443. The lowest BCUT2D eigenvalue weighted by Crippen LogP contribution is -2.52. The standard InChI is InChI=1S/C13H24N4O3S/c1-4-8-14-13(5-2,10(18)19)7-6-9-21-12-16-15-11(20)17(12)3/h14H,4-9H2,1-3H3,(H,15,20)(H,18,19). The molecule has 1 heterocycles. The number of H-pyrrole nitrogens is 1. The van der Waals surface area contributed by atoms with E-state index >= 15 is 0 Å². The zero-order valence-corrected chi connectivity index (χ0v) is 13.6. The second-order valence-corrected chi connectivity index (χ2v) is 6.05. The van der Waals surface area contributed by atoms with Crippen LogP contribution in [0.1, 0.15) is 39.5 Å². The number of aliphatic carboxylic acids is 1. The number of aromatic amines is 1. The molecule has 0 aliphatic carbocycles. The van der Waals surface area contributed by atoms with Crippen molar-refractivity contribution < 1.29 is 9.90 Å². The van der Waals surface area contributed by atoms with Gasteiger partial charge in [0.15, 0.2) is 5.16 Å². The minimum absolute atomic E-state index is 0.240. The lowest BCUT2D eigenvalue weighted by molar-refractivity contribution is -0.145. The summed E-state index contributed by atoms with van der Waals surface area (Å²) >= 11 is 1.45. The van der Waals surface area contributed by atoms with Gasteiger partial charge in [0.05, 0.1) is 0 Å². The van der Waals surface area contributed by atoms with Crippen LogP contribution in [0, 0.1) is 0 Å². The summed E-state index contributed by atoms with van der Waals surface area (Å²) in [7, 11) is 1.66. The summed E-state index contributed by atoms with van der Waals surface area (Å²) in [6.07, 6.45) is 2.75. The van der Waals surface area contributed by atoms with Crippen LogP contribution in [-0.2, 0) is 11.8 Å². The molecule has 1 aromatic rings. The number of hydrogen-bond donors (Lipinski definition) is 3. The van der Waals surface area contributed by atoms with Crippen molar-refractivity contribution in [1.29, 1.82) is 0 Å². The molecule has 8 heteroatoms. The van der Waals surface area contributed by atoms with E-state index in [1.807, 2.05) is 13.8 Å². The lowest BCUT2D eigenvalue weighted by Gasteiger charge is -2.29. The fourth-order valence-electron chi connectivity index (χ4n) is 2.09. The second-order valence-electron chi connectivity index (χ2n) is 4.99. The first-order valence-corrected chi connectivity index (χ1v) is 8.18. The Labute approximate surface area is 128 Å². The first-order chi connectivity index (χ1) is 9.96. The number of aromatic nitrogens is 3. The molecule has 0 fully saturated rings. The summed E-state index contributed by atoms with van der Waals surface area (Å²) in [6, 6.07) is 0. The van der Waals surface area contributed by atoms with Crippen molar-refractivity contribution in [1.82, 2.24) is 20.1 Å². The molecular weight excluding hydrogens is 292 g/mol. The highest BCUT2D eigenvalue weighted by molar-refractivity contribution is 7.99. The average Bonchev–Trinajstić information content (AvgIpc) is 2.78. The Kier molecular flexibility index (Phi) is 6.97. The Balaban J connectivity index is 2.52. The number of nitrogens with zero attached hydrogens (tertiary/aromatic N) is 2. The van der Waals surface area contributed by atoms with Gasteiger partial charge in [0.1, 0.15) is 5.54 Å². The van der Waals surface area contributed by atoms with Crippen LogP contribution < -0.4 is 11.0 Å². The summed E-state index contributed by atoms with van der Waals surface area (Å²) in [5.74, 6) is -0.0725. The van der Waals surface area contributed by atoms with Crippen molar-refractivity contribution in [2.45, 2.75) is 50.2 Å². The SMILES string of the molecule is CCCNC(CC)(CCCSc1n[nH]c(=O)n1C)C(=O)O. The largest absolute Gasteiger partial charge is 0.480 e. The van der Waals surface area contributed by atoms with Gasteiger partial charge in [-0.2, -0.15) is 0 Å². The zero-order valence-electron chi connectivity index (χ0n) is 12.8. The number of nitrogens with one attached hydrogen (secondary N) is 2. The van der Waals surface area contributed by atoms with E-state index in [1.165, 1.54) is 16.3 Å². The molecule has 0 saturated carbocycles. The molecule has 120 valence electrons. The summed E-state index contributed by atoms with van der Waals surface area (Å²) < 4.78 is 1.45. The van der Waals surface area contributed by atoms with Crippen LogP contribution >= 0.6 is 11.8 Å². The molecule has 7 nitrogen and oxygen atoms in total. The van der Waals surface area contributed by atoms with E-state index in [-0.39, 0.29) is 5.69 Å². The molecule has 0 bridgehead atoms. The maximum atomic E-state index is 11.5. The minimum atomic E-state index is -0.853. The third kappa shape index (κ3) is 4.60. The highest BCUT2D eigenvalue weighted by Gasteiger charge is 2.35. The lowest BCUT2D eigenvalue weighted by atomic mass is 9.90. The van der Waals surface area contributed by atoms with Crippen LogP contribution in [-0.4, -0.2) is 43.7 Å². The maximum absolute atomic E-state index is 11.5. The smallest absolute Gasteiger partial charge is 0.343 e. The van der Waals surface area contributed by atoms with E-state index in [0.29, 0.717) is 24.5 Å². The van der Waals surface area contributed by atoms with Crippen molar-refractivity contribution in [3.8, 4) is 0 Å². The van der Waals surface area contributed by atoms with Gasteiger partial charge in [-0.05, 0) is 32.2 Å². The van der Waals surface area contributed by atoms with Crippen molar-refractivity contribution in [3.05, 3.63) is 10.5 Å². The number of carboxylic acid groups (broad SMARTS) is 1. The molecule has 1 atom stereocenters. The van der Waals surface area contributed by atoms with E-state index in [9.17, 15) is 14.7 Å². The highest BCUT2D eigenvalue weighted by Crippen LogP contribution is 2.22. The Morgan fingerprint density at radius 3 is 2.71 bits per heavy atom. The van der Waals surface area contributed by atoms with Crippen LogP contribution in [0.4, 0.5) is 0 Å². The molecule has 0 aliphatic rings. The molecule has 1 unspecified atom stereocenters. The van der Waals surface area contributed by atoms with Gasteiger partial charge in [-0.1, -0.05) is 25.6 Å². The van der Waals surface area contributed by atoms with Gasteiger partial charge >= 0.3 is 11.7 Å². The molecule has 0 radical (unpaired) electrons. The third-order valence-electron chi connectivity index (χ3n) is 3.54. The molecule has 0 aliphatic heterocycles. The summed E-state index contributed by atoms with van der Waals surface area (Å²) in [4.78, 5) is 22.8. The Morgan fingerprint density at radius 2 is 2.24 bits per heavy atom. The normalized spacial score (nSPS) is 14.0. The van der Waals surface area contributed by atoms with Crippen LogP contribution in [0.15, 0.2) is 9.95 Å². The summed E-state index contributed by atoms with van der Waals surface area (Å²) in [5.41, 5.74) is -1.09. The van der Waals surface area contributed by atoms with Gasteiger partial charge in [-0.25, -0.2) is 9.89 Å². The summed E-state index contributed by atoms with van der Waals surface area (Å²) in [6.45, 7) is 4.60. The number of carbonyl (C=O) groups is 1. The fraction of sp³-hybridized carbons (Fsp3) is 0.769. The Bertz CT molecular complexity index is 514. The predicted molar refractivity (Wildman–Crippen MR) is 82.7 cm³/mol. The third-order valence-corrected chi connectivity index (χ3v) is 4.66. The Hall–Kier alpha value is -1.28. The van der Waals surface area contributed by atoms with Gasteiger partial charge in [0, 0.05) is 12.8 Å². The first-order valence-electron chi connectivity index (χ1n) is 7.19. The molecule has 0 aromatic carbocycles. The molecule has 0 amide bonds. The van der Waals surface area contributed by atoms with Gasteiger partial charge in [-0.15, -0.1) is 5.10 Å².